The molecule has 122 valence electrons. The third-order valence-electron chi connectivity index (χ3n) is 3.64. The van der Waals surface area contributed by atoms with Crippen LogP contribution in [0.4, 0.5) is 17.5 Å². The fraction of sp³-hybridized carbons (Fsp3) is 0.158. The van der Waals surface area contributed by atoms with Crippen molar-refractivity contribution in [2.24, 2.45) is 0 Å². The second-order valence-electron chi connectivity index (χ2n) is 5.37. The summed E-state index contributed by atoms with van der Waals surface area (Å²) in [5.74, 6) is 1.45. The molecule has 0 saturated carbocycles. The predicted molar refractivity (Wildman–Crippen MR) is 99.9 cm³/mol. The summed E-state index contributed by atoms with van der Waals surface area (Å²) in [6.45, 7) is 3.79. The minimum atomic E-state index is 0.557. The lowest BCUT2D eigenvalue weighted by Crippen LogP contribution is -2.23. The first kappa shape index (κ1) is 16.3. The van der Waals surface area contributed by atoms with E-state index in [1.54, 1.807) is 6.20 Å². The minimum Gasteiger partial charge on any atom is -0.352 e. The largest absolute Gasteiger partial charge is 0.352 e. The summed E-state index contributed by atoms with van der Waals surface area (Å²) in [4.78, 5) is 11.1. The van der Waals surface area contributed by atoms with Crippen molar-refractivity contribution in [1.82, 2.24) is 9.97 Å². The zero-order chi connectivity index (χ0) is 16.8. The summed E-state index contributed by atoms with van der Waals surface area (Å²) >= 11 is 6.02. The van der Waals surface area contributed by atoms with Crippen LogP contribution in [-0.2, 0) is 6.54 Å². The number of benzene rings is 2. The minimum absolute atomic E-state index is 0.557. The van der Waals surface area contributed by atoms with Crippen LogP contribution in [0, 0.1) is 0 Å². The fourth-order valence-corrected chi connectivity index (χ4v) is 2.63. The monoisotopic (exact) mass is 338 g/mol. The van der Waals surface area contributed by atoms with Crippen molar-refractivity contribution < 1.29 is 0 Å². The normalized spacial score (nSPS) is 10.4. The summed E-state index contributed by atoms with van der Waals surface area (Å²) in [5.41, 5.74) is 2.12. The second kappa shape index (κ2) is 7.79. The van der Waals surface area contributed by atoms with Crippen LogP contribution in [0.5, 0.6) is 0 Å². The van der Waals surface area contributed by atoms with E-state index < -0.39 is 0 Å². The van der Waals surface area contributed by atoms with Crippen molar-refractivity contribution in [2.75, 3.05) is 16.8 Å². The number of nitrogens with zero attached hydrogens (tertiary/aromatic N) is 3. The number of nitrogens with one attached hydrogen (secondary N) is 1. The van der Waals surface area contributed by atoms with Gasteiger partial charge in [-0.25, -0.2) is 4.98 Å². The molecule has 1 aromatic heterocycles. The molecule has 0 spiro atoms. The molecule has 0 fully saturated rings. The van der Waals surface area contributed by atoms with Gasteiger partial charge in [0.25, 0.3) is 0 Å². The number of hydrogen-bond donors (Lipinski definition) is 1. The quantitative estimate of drug-likeness (QED) is 0.694. The maximum absolute atomic E-state index is 6.02. The van der Waals surface area contributed by atoms with Gasteiger partial charge in [0.05, 0.1) is 0 Å². The maximum Gasteiger partial charge on any atom is 0.229 e. The van der Waals surface area contributed by atoms with Gasteiger partial charge in [-0.1, -0.05) is 48.0 Å². The van der Waals surface area contributed by atoms with Gasteiger partial charge in [0, 0.05) is 30.0 Å². The molecule has 1 heterocycles. The van der Waals surface area contributed by atoms with Crippen LogP contribution < -0.4 is 10.2 Å². The molecule has 0 radical (unpaired) electrons. The van der Waals surface area contributed by atoms with Crippen molar-refractivity contribution in [1.29, 1.82) is 0 Å². The SMILES string of the molecule is CCN(Cc1ccccc1)c1ccnc(Nc2cccc(Cl)c2)n1. The van der Waals surface area contributed by atoms with Crippen LogP contribution in [0.15, 0.2) is 66.9 Å². The van der Waals surface area contributed by atoms with E-state index in [4.69, 9.17) is 11.6 Å². The van der Waals surface area contributed by atoms with Crippen LogP contribution in [0.2, 0.25) is 5.02 Å². The molecule has 3 rings (SSSR count). The topological polar surface area (TPSA) is 41.1 Å². The lowest BCUT2D eigenvalue weighted by molar-refractivity contribution is 0.811. The van der Waals surface area contributed by atoms with Crippen LogP contribution >= 0.6 is 11.6 Å². The van der Waals surface area contributed by atoms with Gasteiger partial charge in [-0.05, 0) is 36.8 Å². The summed E-state index contributed by atoms with van der Waals surface area (Å²) in [6, 6.07) is 19.8. The highest BCUT2D eigenvalue weighted by Crippen LogP contribution is 2.20. The highest BCUT2D eigenvalue weighted by Gasteiger charge is 2.08. The Balaban J connectivity index is 1.78. The van der Waals surface area contributed by atoms with Gasteiger partial charge >= 0.3 is 0 Å². The molecular weight excluding hydrogens is 320 g/mol. The van der Waals surface area contributed by atoms with E-state index in [0.29, 0.717) is 11.0 Å². The van der Waals surface area contributed by atoms with Gasteiger partial charge in [-0.3, -0.25) is 0 Å². The van der Waals surface area contributed by atoms with E-state index >= 15 is 0 Å². The molecule has 5 heteroatoms. The molecular formula is C19H19ClN4. The van der Waals surface area contributed by atoms with Gasteiger partial charge in [0.2, 0.25) is 5.95 Å². The summed E-state index contributed by atoms with van der Waals surface area (Å²) in [7, 11) is 0. The Morgan fingerprint density at radius 1 is 1.04 bits per heavy atom. The molecule has 0 bridgehead atoms. The van der Waals surface area contributed by atoms with Crippen molar-refractivity contribution in [2.45, 2.75) is 13.5 Å². The average molecular weight is 339 g/mol. The van der Waals surface area contributed by atoms with Crippen molar-refractivity contribution in [3.8, 4) is 0 Å². The zero-order valence-electron chi connectivity index (χ0n) is 13.5. The van der Waals surface area contributed by atoms with Crippen molar-refractivity contribution in [3.05, 3.63) is 77.4 Å². The molecule has 0 unspecified atom stereocenters. The van der Waals surface area contributed by atoms with Gasteiger partial charge in [-0.15, -0.1) is 0 Å². The predicted octanol–water partition coefficient (Wildman–Crippen LogP) is 4.90. The van der Waals surface area contributed by atoms with Gasteiger partial charge < -0.3 is 10.2 Å². The van der Waals surface area contributed by atoms with Crippen LogP contribution in [0.25, 0.3) is 0 Å². The Morgan fingerprint density at radius 3 is 2.62 bits per heavy atom. The third kappa shape index (κ3) is 4.24. The maximum atomic E-state index is 6.02. The number of anilines is 3. The van der Waals surface area contributed by atoms with E-state index in [1.165, 1.54) is 5.56 Å². The summed E-state index contributed by atoms with van der Waals surface area (Å²) < 4.78 is 0. The van der Waals surface area contributed by atoms with E-state index in [1.807, 2.05) is 36.4 Å². The third-order valence-corrected chi connectivity index (χ3v) is 3.88. The number of aromatic nitrogens is 2. The highest BCUT2D eigenvalue weighted by molar-refractivity contribution is 6.30. The van der Waals surface area contributed by atoms with E-state index in [-0.39, 0.29) is 0 Å². The molecule has 1 N–H and O–H groups in total. The van der Waals surface area contributed by atoms with Crippen LogP contribution in [-0.4, -0.2) is 16.5 Å². The van der Waals surface area contributed by atoms with Gasteiger partial charge in [0.1, 0.15) is 5.82 Å². The van der Waals surface area contributed by atoms with Gasteiger partial charge in [-0.2, -0.15) is 4.98 Å². The van der Waals surface area contributed by atoms with Crippen molar-refractivity contribution in [3.63, 3.8) is 0 Å². The Bertz CT molecular complexity index is 792. The molecule has 0 aliphatic rings. The highest BCUT2D eigenvalue weighted by atomic mass is 35.5. The molecule has 24 heavy (non-hydrogen) atoms. The first-order chi connectivity index (χ1) is 11.7. The fourth-order valence-electron chi connectivity index (χ4n) is 2.44. The Morgan fingerprint density at radius 2 is 1.88 bits per heavy atom. The zero-order valence-corrected chi connectivity index (χ0v) is 14.2. The molecule has 0 atom stereocenters. The smallest absolute Gasteiger partial charge is 0.229 e. The van der Waals surface area contributed by atoms with E-state index in [2.05, 4.69) is 51.4 Å². The van der Waals surface area contributed by atoms with E-state index in [0.717, 1.165) is 24.6 Å². The van der Waals surface area contributed by atoms with Crippen molar-refractivity contribution >= 4 is 29.1 Å². The number of rotatable bonds is 6. The lowest BCUT2D eigenvalue weighted by atomic mass is 10.2. The van der Waals surface area contributed by atoms with Gasteiger partial charge in [0.15, 0.2) is 0 Å². The number of halogens is 1. The summed E-state index contributed by atoms with van der Waals surface area (Å²) in [5, 5.41) is 3.87. The molecule has 0 aliphatic heterocycles. The molecule has 3 aromatic rings. The standard InChI is InChI=1S/C19H19ClN4/c1-2-24(14-15-7-4-3-5-8-15)18-11-12-21-19(23-18)22-17-10-6-9-16(20)13-17/h3-13H,2,14H2,1H3,(H,21,22,23). The Labute approximate surface area is 147 Å². The lowest BCUT2D eigenvalue weighted by Gasteiger charge is -2.22. The first-order valence-corrected chi connectivity index (χ1v) is 8.27. The van der Waals surface area contributed by atoms with E-state index in [9.17, 15) is 0 Å². The first-order valence-electron chi connectivity index (χ1n) is 7.89. The molecule has 0 amide bonds. The van der Waals surface area contributed by atoms with Crippen LogP contribution in [0.3, 0.4) is 0 Å². The second-order valence-corrected chi connectivity index (χ2v) is 5.81. The number of hydrogen-bond acceptors (Lipinski definition) is 4. The summed E-state index contributed by atoms with van der Waals surface area (Å²) in [6.07, 6.45) is 1.77. The molecule has 0 saturated heterocycles. The molecule has 0 aliphatic carbocycles. The average Bonchev–Trinajstić information content (AvgIpc) is 2.61. The molecule has 4 nitrogen and oxygen atoms in total. The Hall–Kier alpha value is -2.59. The van der Waals surface area contributed by atoms with Crippen LogP contribution in [0.1, 0.15) is 12.5 Å². The Kier molecular flexibility index (Phi) is 5.29. The molecule has 2 aromatic carbocycles.